The van der Waals surface area contributed by atoms with Crippen molar-refractivity contribution in [1.29, 1.82) is 0 Å². The van der Waals surface area contributed by atoms with E-state index in [0.717, 1.165) is 0 Å². The highest BCUT2D eigenvalue weighted by Crippen LogP contribution is 2.22. The summed E-state index contributed by atoms with van der Waals surface area (Å²) < 4.78 is 4.88. The molecule has 0 saturated heterocycles. The van der Waals surface area contributed by atoms with E-state index in [0.29, 0.717) is 5.02 Å². The van der Waals surface area contributed by atoms with Crippen molar-refractivity contribution in [3.05, 3.63) is 28.8 Å². The molecule has 14 heavy (non-hydrogen) atoms. The maximum Gasteiger partial charge on any atom is 0.289 e. The fourth-order valence-electron chi connectivity index (χ4n) is 0.990. The molecular formula is C9H8ClNO3. The Morgan fingerprint density at radius 1 is 1.43 bits per heavy atom. The van der Waals surface area contributed by atoms with E-state index in [2.05, 4.69) is 0 Å². The highest BCUT2D eigenvalue weighted by Gasteiger charge is 2.17. The fraction of sp³-hybridized carbons (Fsp3) is 0.111. The summed E-state index contributed by atoms with van der Waals surface area (Å²) in [6, 6.07) is 4.39. The summed E-state index contributed by atoms with van der Waals surface area (Å²) in [6.07, 6.45) is 0. The number of rotatable bonds is 3. The monoisotopic (exact) mass is 213 g/mol. The topological polar surface area (TPSA) is 69.4 Å². The first-order valence-corrected chi connectivity index (χ1v) is 4.11. The van der Waals surface area contributed by atoms with Gasteiger partial charge in [-0.2, -0.15) is 0 Å². The van der Waals surface area contributed by atoms with E-state index in [-0.39, 0.29) is 11.3 Å². The van der Waals surface area contributed by atoms with Crippen LogP contribution < -0.4 is 10.5 Å². The van der Waals surface area contributed by atoms with Crippen LogP contribution in [0, 0.1) is 0 Å². The lowest BCUT2D eigenvalue weighted by Gasteiger charge is -2.05. The van der Waals surface area contributed by atoms with Crippen molar-refractivity contribution in [2.24, 2.45) is 5.73 Å². The third-order valence-corrected chi connectivity index (χ3v) is 1.87. The molecule has 0 heterocycles. The molecule has 2 N–H and O–H groups in total. The molecule has 1 aromatic carbocycles. The first kappa shape index (κ1) is 10.5. The van der Waals surface area contributed by atoms with Gasteiger partial charge in [0, 0.05) is 5.02 Å². The number of ketones is 1. The standard InChI is InChI=1S/C9H8ClNO3/c1-14-7-3-2-5(10)4-6(7)8(12)9(11)13/h2-4H,1H3,(H2,11,13). The molecule has 0 fully saturated rings. The number of halogens is 1. The third-order valence-electron chi connectivity index (χ3n) is 1.63. The Balaban J connectivity index is 3.23. The quantitative estimate of drug-likeness (QED) is 0.602. The number of carbonyl (C=O) groups is 2. The molecule has 5 heteroatoms. The lowest BCUT2D eigenvalue weighted by atomic mass is 10.1. The molecule has 1 rings (SSSR count). The van der Waals surface area contributed by atoms with Gasteiger partial charge in [-0.15, -0.1) is 0 Å². The van der Waals surface area contributed by atoms with Crippen LogP contribution in [0.1, 0.15) is 10.4 Å². The van der Waals surface area contributed by atoms with Crippen LogP contribution in [0.3, 0.4) is 0 Å². The van der Waals surface area contributed by atoms with Crippen molar-refractivity contribution in [1.82, 2.24) is 0 Å². The van der Waals surface area contributed by atoms with Crippen molar-refractivity contribution in [3.63, 3.8) is 0 Å². The second kappa shape index (κ2) is 4.11. The number of carbonyl (C=O) groups excluding carboxylic acids is 2. The first-order chi connectivity index (χ1) is 6.56. The Labute approximate surface area is 85.6 Å². The maximum atomic E-state index is 11.3. The summed E-state index contributed by atoms with van der Waals surface area (Å²) in [5.41, 5.74) is 4.93. The fourth-order valence-corrected chi connectivity index (χ4v) is 1.16. The zero-order valence-corrected chi connectivity index (χ0v) is 8.17. The van der Waals surface area contributed by atoms with Gasteiger partial charge in [0.2, 0.25) is 0 Å². The van der Waals surface area contributed by atoms with E-state index in [1.165, 1.54) is 19.2 Å². The van der Waals surface area contributed by atoms with E-state index in [9.17, 15) is 9.59 Å². The SMILES string of the molecule is COc1ccc(Cl)cc1C(=O)C(N)=O. The third kappa shape index (κ3) is 2.03. The number of amides is 1. The number of hydrogen-bond donors (Lipinski definition) is 1. The summed E-state index contributed by atoms with van der Waals surface area (Å²) in [7, 11) is 1.39. The summed E-state index contributed by atoms with van der Waals surface area (Å²) >= 11 is 5.66. The molecule has 74 valence electrons. The van der Waals surface area contributed by atoms with Crippen LogP contribution in [0.2, 0.25) is 5.02 Å². The summed E-state index contributed by atoms with van der Waals surface area (Å²) in [6.45, 7) is 0. The number of nitrogens with two attached hydrogens (primary N) is 1. The highest BCUT2D eigenvalue weighted by atomic mass is 35.5. The number of methoxy groups -OCH3 is 1. The molecule has 0 aromatic heterocycles. The minimum atomic E-state index is -1.04. The molecule has 0 radical (unpaired) electrons. The summed E-state index contributed by atoms with van der Waals surface area (Å²) in [5, 5.41) is 0.343. The molecule has 0 bridgehead atoms. The molecule has 4 nitrogen and oxygen atoms in total. The molecule has 0 aliphatic rings. The van der Waals surface area contributed by atoms with E-state index in [1.54, 1.807) is 6.07 Å². The molecule has 1 aromatic rings. The van der Waals surface area contributed by atoms with Gasteiger partial charge in [0.15, 0.2) is 0 Å². The predicted molar refractivity (Wildman–Crippen MR) is 51.5 cm³/mol. The van der Waals surface area contributed by atoms with Crippen LogP contribution in [0.25, 0.3) is 0 Å². The minimum Gasteiger partial charge on any atom is -0.496 e. The molecular weight excluding hydrogens is 206 g/mol. The second-order valence-corrected chi connectivity index (χ2v) is 2.97. The summed E-state index contributed by atoms with van der Waals surface area (Å²) in [4.78, 5) is 21.9. The van der Waals surface area contributed by atoms with Gasteiger partial charge in [-0.1, -0.05) is 11.6 Å². The number of benzene rings is 1. The Hall–Kier alpha value is -1.55. The molecule has 0 aliphatic heterocycles. The van der Waals surface area contributed by atoms with Crippen molar-refractivity contribution >= 4 is 23.3 Å². The van der Waals surface area contributed by atoms with Gasteiger partial charge in [-0.25, -0.2) is 0 Å². The zero-order chi connectivity index (χ0) is 10.7. The van der Waals surface area contributed by atoms with Crippen LogP contribution in [0.5, 0.6) is 5.75 Å². The molecule has 0 atom stereocenters. The van der Waals surface area contributed by atoms with Gasteiger partial charge >= 0.3 is 0 Å². The average Bonchev–Trinajstić information content (AvgIpc) is 2.16. The van der Waals surface area contributed by atoms with E-state index < -0.39 is 11.7 Å². The van der Waals surface area contributed by atoms with Gasteiger partial charge in [0.1, 0.15) is 5.75 Å². The molecule has 0 spiro atoms. The Bertz CT molecular complexity index is 390. The van der Waals surface area contributed by atoms with Crippen LogP contribution in [0.15, 0.2) is 18.2 Å². The van der Waals surface area contributed by atoms with Gasteiger partial charge < -0.3 is 10.5 Å². The number of primary amides is 1. The van der Waals surface area contributed by atoms with Gasteiger partial charge in [0.05, 0.1) is 12.7 Å². The van der Waals surface area contributed by atoms with Crippen LogP contribution in [0.4, 0.5) is 0 Å². The van der Waals surface area contributed by atoms with Gasteiger partial charge in [0.25, 0.3) is 11.7 Å². The van der Waals surface area contributed by atoms with E-state index in [4.69, 9.17) is 22.1 Å². The van der Waals surface area contributed by atoms with Crippen LogP contribution in [-0.4, -0.2) is 18.8 Å². The van der Waals surface area contributed by atoms with Crippen molar-refractivity contribution in [3.8, 4) is 5.75 Å². The van der Waals surface area contributed by atoms with Crippen molar-refractivity contribution in [2.75, 3.05) is 7.11 Å². The minimum absolute atomic E-state index is 0.0764. The number of hydrogen-bond acceptors (Lipinski definition) is 3. The number of ether oxygens (including phenoxy) is 1. The second-order valence-electron chi connectivity index (χ2n) is 2.54. The smallest absolute Gasteiger partial charge is 0.289 e. The number of Topliss-reactive ketones (excluding diaryl/α,β-unsaturated/α-hetero) is 1. The molecule has 0 aliphatic carbocycles. The Morgan fingerprint density at radius 3 is 2.57 bits per heavy atom. The lowest BCUT2D eigenvalue weighted by Crippen LogP contribution is -2.23. The van der Waals surface area contributed by atoms with Crippen molar-refractivity contribution in [2.45, 2.75) is 0 Å². The van der Waals surface area contributed by atoms with E-state index in [1.807, 2.05) is 0 Å². The molecule has 0 unspecified atom stereocenters. The Kier molecular flexibility index (Phi) is 3.09. The predicted octanol–water partition coefficient (Wildman–Crippen LogP) is 1.02. The van der Waals surface area contributed by atoms with Crippen LogP contribution in [-0.2, 0) is 4.79 Å². The summed E-state index contributed by atoms with van der Waals surface area (Å²) in [5.74, 6) is -1.58. The molecule has 0 saturated carbocycles. The lowest BCUT2D eigenvalue weighted by molar-refractivity contribution is -0.114. The average molecular weight is 214 g/mol. The normalized spacial score (nSPS) is 9.57. The highest BCUT2D eigenvalue weighted by molar-refractivity contribution is 6.43. The Morgan fingerprint density at radius 2 is 2.07 bits per heavy atom. The first-order valence-electron chi connectivity index (χ1n) is 3.74. The van der Waals surface area contributed by atoms with Gasteiger partial charge in [-0.05, 0) is 18.2 Å². The van der Waals surface area contributed by atoms with Crippen molar-refractivity contribution < 1.29 is 14.3 Å². The largest absolute Gasteiger partial charge is 0.496 e. The zero-order valence-electron chi connectivity index (χ0n) is 7.41. The molecule has 1 amide bonds. The van der Waals surface area contributed by atoms with Gasteiger partial charge in [-0.3, -0.25) is 9.59 Å². The van der Waals surface area contributed by atoms with Crippen LogP contribution >= 0.6 is 11.6 Å². The van der Waals surface area contributed by atoms with E-state index >= 15 is 0 Å². The maximum absolute atomic E-state index is 11.3.